The molecule has 2 aromatic carbocycles. The first-order valence-corrected chi connectivity index (χ1v) is 6.97. The predicted molar refractivity (Wildman–Crippen MR) is 76.4 cm³/mol. The Labute approximate surface area is 113 Å². The highest BCUT2D eigenvalue weighted by Gasteiger charge is 2.23. The van der Waals surface area contributed by atoms with Gasteiger partial charge in [-0.1, -0.05) is 30.3 Å². The van der Waals surface area contributed by atoms with E-state index in [2.05, 4.69) is 24.3 Å². The van der Waals surface area contributed by atoms with Gasteiger partial charge in [-0.25, -0.2) is 0 Å². The maximum absolute atomic E-state index is 11.5. The van der Waals surface area contributed by atoms with Crippen molar-refractivity contribution in [3.63, 3.8) is 0 Å². The summed E-state index contributed by atoms with van der Waals surface area (Å²) < 4.78 is 5.77. The third kappa shape index (κ3) is 2.78. The van der Waals surface area contributed by atoms with E-state index in [1.807, 2.05) is 18.2 Å². The summed E-state index contributed by atoms with van der Waals surface area (Å²) in [5, 5.41) is 2.41. The quantitative estimate of drug-likeness (QED) is 0.825. The molecular weight excluding hydrogens is 236 g/mol. The van der Waals surface area contributed by atoms with Gasteiger partial charge in [0.1, 0.15) is 11.5 Å². The van der Waals surface area contributed by atoms with Crippen molar-refractivity contribution in [2.45, 2.75) is 25.7 Å². The van der Waals surface area contributed by atoms with Gasteiger partial charge in [-0.3, -0.25) is 4.79 Å². The third-order valence-electron chi connectivity index (χ3n) is 3.89. The van der Waals surface area contributed by atoms with Crippen LogP contribution in [0.3, 0.4) is 0 Å². The van der Waals surface area contributed by atoms with Crippen LogP contribution in [-0.2, 0) is 4.79 Å². The topological polar surface area (TPSA) is 26.3 Å². The Balaban J connectivity index is 1.60. The van der Waals surface area contributed by atoms with E-state index in [-0.39, 0.29) is 5.92 Å². The maximum Gasteiger partial charge on any atom is 0.136 e. The van der Waals surface area contributed by atoms with Crippen molar-refractivity contribution in [1.82, 2.24) is 0 Å². The highest BCUT2D eigenvalue weighted by atomic mass is 16.5. The minimum Gasteiger partial charge on any atom is -0.494 e. The molecule has 1 fully saturated rings. The molecule has 3 rings (SSSR count). The lowest BCUT2D eigenvalue weighted by atomic mass is 10.0. The smallest absolute Gasteiger partial charge is 0.136 e. The zero-order valence-corrected chi connectivity index (χ0v) is 11.0. The van der Waals surface area contributed by atoms with Crippen molar-refractivity contribution in [3.8, 4) is 5.75 Å². The highest BCUT2D eigenvalue weighted by Crippen LogP contribution is 2.25. The van der Waals surface area contributed by atoms with Crippen molar-refractivity contribution in [1.29, 1.82) is 0 Å². The van der Waals surface area contributed by atoms with Crippen LogP contribution in [-0.4, -0.2) is 12.4 Å². The van der Waals surface area contributed by atoms with Gasteiger partial charge in [0.25, 0.3) is 0 Å². The number of carbonyl (C=O) groups is 1. The van der Waals surface area contributed by atoms with E-state index in [1.54, 1.807) is 0 Å². The summed E-state index contributed by atoms with van der Waals surface area (Å²) in [5.74, 6) is 1.55. The van der Waals surface area contributed by atoms with E-state index in [9.17, 15) is 4.79 Å². The van der Waals surface area contributed by atoms with Crippen LogP contribution in [0.15, 0.2) is 42.5 Å². The molecule has 0 amide bonds. The number of rotatable bonds is 4. The lowest BCUT2D eigenvalue weighted by Crippen LogP contribution is -2.11. The maximum atomic E-state index is 11.5. The molecule has 0 aliphatic heterocycles. The molecule has 0 aromatic heterocycles. The lowest BCUT2D eigenvalue weighted by molar-refractivity contribution is -0.121. The molecular formula is C17H18O2. The number of ketones is 1. The molecule has 0 spiro atoms. The van der Waals surface area contributed by atoms with Crippen LogP contribution in [0.2, 0.25) is 0 Å². The second kappa shape index (κ2) is 5.43. The van der Waals surface area contributed by atoms with Crippen LogP contribution < -0.4 is 4.74 Å². The summed E-state index contributed by atoms with van der Waals surface area (Å²) in [7, 11) is 0. The zero-order valence-electron chi connectivity index (χ0n) is 11.0. The van der Waals surface area contributed by atoms with Gasteiger partial charge in [0.2, 0.25) is 0 Å². The van der Waals surface area contributed by atoms with Gasteiger partial charge in [0.15, 0.2) is 0 Å². The molecule has 98 valence electrons. The van der Waals surface area contributed by atoms with Crippen LogP contribution in [0.4, 0.5) is 0 Å². The van der Waals surface area contributed by atoms with Crippen molar-refractivity contribution in [2.24, 2.45) is 5.92 Å². The molecule has 1 saturated carbocycles. The van der Waals surface area contributed by atoms with Crippen LogP contribution in [0.25, 0.3) is 10.8 Å². The fourth-order valence-electron chi connectivity index (χ4n) is 2.77. The van der Waals surface area contributed by atoms with E-state index in [1.165, 1.54) is 10.8 Å². The largest absolute Gasteiger partial charge is 0.494 e. The molecule has 0 heterocycles. The molecule has 1 aliphatic carbocycles. The van der Waals surface area contributed by atoms with Crippen LogP contribution in [0, 0.1) is 5.92 Å². The number of Topliss-reactive ketones (excluding diaryl/α,β-unsaturated/α-hetero) is 1. The Morgan fingerprint density at radius 3 is 2.74 bits per heavy atom. The Hall–Kier alpha value is -1.83. The molecule has 2 nitrogen and oxygen atoms in total. The van der Waals surface area contributed by atoms with E-state index in [0.29, 0.717) is 12.4 Å². The van der Waals surface area contributed by atoms with Crippen LogP contribution in [0.5, 0.6) is 5.75 Å². The van der Waals surface area contributed by atoms with E-state index in [4.69, 9.17) is 4.74 Å². The Morgan fingerprint density at radius 2 is 1.95 bits per heavy atom. The van der Waals surface area contributed by atoms with Gasteiger partial charge < -0.3 is 4.74 Å². The van der Waals surface area contributed by atoms with Crippen molar-refractivity contribution in [3.05, 3.63) is 42.5 Å². The number of ether oxygens (including phenoxy) is 1. The monoisotopic (exact) mass is 254 g/mol. The minimum absolute atomic E-state index is 0.237. The van der Waals surface area contributed by atoms with E-state index in [0.717, 1.165) is 31.4 Å². The summed E-state index contributed by atoms with van der Waals surface area (Å²) in [6.45, 7) is 0.634. The number of fused-ring (bicyclic) bond motifs is 1. The van der Waals surface area contributed by atoms with E-state index >= 15 is 0 Å². The van der Waals surface area contributed by atoms with Crippen LogP contribution in [0.1, 0.15) is 25.7 Å². The predicted octanol–water partition coefficient (Wildman–Crippen LogP) is 3.98. The highest BCUT2D eigenvalue weighted by molar-refractivity contribution is 5.84. The SMILES string of the molecule is O=C1CCCC1CCOc1ccc2ccccc2c1. The summed E-state index contributed by atoms with van der Waals surface area (Å²) >= 11 is 0. The fraction of sp³-hybridized carbons (Fsp3) is 0.353. The molecule has 1 unspecified atom stereocenters. The molecule has 0 radical (unpaired) electrons. The first kappa shape index (κ1) is 12.2. The van der Waals surface area contributed by atoms with Gasteiger partial charge in [0, 0.05) is 12.3 Å². The summed E-state index contributed by atoms with van der Waals surface area (Å²) in [6.07, 6.45) is 3.71. The molecule has 0 N–H and O–H groups in total. The average Bonchev–Trinajstić information content (AvgIpc) is 2.84. The average molecular weight is 254 g/mol. The Bertz CT molecular complexity index is 589. The molecule has 0 bridgehead atoms. The molecule has 0 saturated heterocycles. The lowest BCUT2D eigenvalue weighted by Gasteiger charge is -2.10. The normalized spacial score (nSPS) is 18.9. The van der Waals surface area contributed by atoms with Crippen molar-refractivity contribution in [2.75, 3.05) is 6.61 Å². The molecule has 1 aliphatic rings. The van der Waals surface area contributed by atoms with Crippen molar-refractivity contribution >= 4 is 16.6 Å². The number of hydrogen-bond donors (Lipinski definition) is 0. The summed E-state index contributed by atoms with van der Waals surface area (Å²) in [4.78, 5) is 11.5. The third-order valence-corrected chi connectivity index (χ3v) is 3.89. The molecule has 2 aromatic rings. The second-order valence-corrected chi connectivity index (χ2v) is 5.20. The number of benzene rings is 2. The number of carbonyl (C=O) groups excluding carboxylic acids is 1. The van der Waals surface area contributed by atoms with Gasteiger partial charge >= 0.3 is 0 Å². The van der Waals surface area contributed by atoms with E-state index < -0.39 is 0 Å². The number of hydrogen-bond acceptors (Lipinski definition) is 2. The van der Waals surface area contributed by atoms with Gasteiger partial charge in [0.05, 0.1) is 6.61 Å². The Kier molecular flexibility index (Phi) is 3.49. The fourth-order valence-corrected chi connectivity index (χ4v) is 2.77. The van der Waals surface area contributed by atoms with Gasteiger partial charge in [-0.05, 0) is 42.2 Å². The molecule has 1 atom stereocenters. The molecule has 19 heavy (non-hydrogen) atoms. The van der Waals surface area contributed by atoms with Crippen molar-refractivity contribution < 1.29 is 9.53 Å². The Morgan fingerprint density at radius 1 is 1.11 bits per heavy atom. The van der Waals surface area contributed by atoms with Gasteiger partial charge in [-0.2, -0.15) is 0 Å². The van der Waals surface area contributed by atoms with Gasteiger partial charge in [-0.15, -0.1) is 0 Å². The summed E-state index contributed by atoms with van der Waals surface area (Å²) in [6, 6.07) is 14.4. The minimum atomic E-state index is 0.237. The van der Waals surface area contributed by atoms with Crippen LogP contribution >= 0.6 is 0 Å². The molecule has 2 heteroatoms. The first-order chi connectivity index (χ1) is 9.33. The first-order valence-electron chi connectivity index (χ1n) is 6.97. The standard InChI is InChI=1S/C17H18O2/c18-17-7-3-6-14(17)10-11-19-16-9-8-13-4-1-2-5-15(13)12-16/h1-2,4-5,8-9,12,14H,3,6-7,10-11H2. The summed E-state index contributed by atoms with van der Waals surface area (Å²) in [5.41, 5.74) is 0. The zero-order chi connectivity index (χ0) is 13.1. The second-order valence-electron chi connectivity index (χ2n) is 5.20.